The van der Waals surface area contributed by atoms with Crippen LogP contribution in [-0.2, 0) is 35.2 Å². The van der Waals surface area contributed by atoms with E-state index in [1.54, 1.807) is 30.3 Å². The van der Waals surface area contributed by atoms with Crippen molar-refractivity contribution in [3.63, 3.8) is 0 Å². The summed E-state index contributed by atoms with van der Waals surface area (Å²) in [7, 11) is 0. The number of aliphatic hydroxyl groups is 1. The number of hydrogen-bond acceptors (Lipinski definition) is 8. The third-order valence-corrected chi connectivity index (χ3v) is 4.73. The van der Waals surface area contributed by atoms with Crippen LogP contribution in [0.1, 0.15) is 24.8 Å². The molecular formula is C21H28N4O10. The number of aliphatic hydroxyl groups excluding tert-OH is 1. The van der Waals surface area contributed by atoms with Gasteiger partial charge in [0, 0.05) is 12.8 Å². The van der Waals surface area contributed by atoms with Gasteiger partial charge < -0.3 is 42.1 Å². The van der Waals surface area contributed by atoms with Crippen LogP contribution in [-0.4, -0.2) is 86.8 Å². The molecule has 0 aliphatic heterocycles. The maximum absolute atomic E-state index is 12.6. The van der Waals surface area contributed by atoms with E-state index in [1.807, 2.05) is 0 Å². The van der Waals surface area contributed by atoms with Crippen molar-refractivity contribution in [1.29, 1.82) is 0 Å². The van der Waals surface area contributed by atoms with Gasteiger partial charge in [-0.15, -0.1) is 0 Å². The van der Waals surface area contributed by atoms with Gasteiger partial charge in [-0.05, 0) is 12.0 Å². The highest BCUT2D eigenvalue weighted by Crippen LogP contribution is 2.05. The smallest absolute Gasteiger partial charge is 0.326 e. The Hall–Kier alpha value is -4.04. The lowest BCUT2D eigenvalue weighted by Gasteiger charge is -2.23. The third-order valence-electron chi connectivity index (χ3n) is 4.73. The highest BCUT2D eigenvalue weighted by Gasteiger charge is 2.31. The van der Waals surface area contributed by atoms with Crippen molar-refractivity contribution in [3.05, 3.63) is 35.9 Å². The summed E-state index contributed by atoms with van der Waals surface area (Å²) < 4.78 is 0. The molecule has 192 valence electrons. The van der Waals surface area contributed by atoms with E-state index >= 15 is 0 Å². The van der Waals surface area contributed by atoms with E-state index in [2.05, 4.69) is 16.0 Å². The summed E-state index contributed by atoms with van der Waals surface area (Å²) in [6.45, 7) is -0.957. The van der Waals surface area contributed by atoms with Gasteiger partial charge in [0.05, 0.1) is 19.1 Å². The Balaban J connectivity index is 2.86. The number of nitrogens with two attached hydrogens (primary N) is 1. The SMILES string of the molecule is NC(CCC(=O)O)C(=O)NC(CC(=O)O)C(=O)NC(CO)C(=O)NC(Cc1ccccc1)C(=O)O. The van der Waals surface area contributed by atoms with Crippen LogP contribution in [0, 0.1) is 0 Å². The molecule has 0 aliphatic carbocycles. The molecule has 14 nitrogen and oxygen atoms in total. The van der Waals surface area contributed by atoms with Crippen molar-refractivity contribution >= 4 is 35.6 Å². The molecular weight excluding hydrogens is 468 g/mol. The van der Waals surface area contributed by atoms with Gasteiger partial charge in [0.15, 0.2) is 0 Å². The number of aliphatic carboxylic acids is 3. The molecule has 0 aliphatic rings. The van der Waals surface area contributed by atoms with Gasteiger partial charge in [0.25, 0.3) is 0 Å². The molecule has 35 heavy (non-hydrogen) atoms. The monoisotopic (exact) mass is 496 g/mol. The summed E-state index contributed by atoms with van der Waals surface area (Å²) in [6.07, 6.45) is -1.71. The number of rotatable bonds is 15. The largest absolute Gasteiger partial charge is 0.481 e. The fraction of sp³-hybridized carbons (Fsp3) is 0.429. The quantitative estimate of drug-likeness (QED) is 0.125. The lowest BCUT2D eigenvalue weighted by atomic mass is 10.1. The van der Waals surface area contributed by atoms with Crippen molar-refractivity contribution in [2.45, 2.75) is 49.9 Å². The Bertz CT molecular complexity index is 924. The minimum absolute atomic E-state index is 0.0834. The van der Waals surface area contributed by atoms with Crippen LogP contribution in [0.3, 0.4) is 0 Å². The molecule has 1 aromatic rings. The van der Waals surface area contributed by atoms with E-state index in [1.165, 1.54) is 0 Å². The van der Waals surface area contributed by atoms with Crippen LogP contribution in [0.5, 0.6) is 0 Å². The van der Waals surface area contributed by atoms with Crippen LogP contribution in [0.15, 0.2) is 30.3 Å². The molecule has 0 aromatic heterocycles. The van der Waals surface area contributed by atoms with Gasteiger partial charge in [-0.25, -0.2) is 4.79 Å². The normalized spacial score (nSPS) is 14.0. The number of benzene rings is 1. The van der Waals surface area contributed by atoms with Gasteiger partial charge in [-0.2, -0.15) is 0 Å². The van der Waals surface area contributed by atoms with E-state index < -0.39 is 79.2 Å². The predicted molar refractivity (Wildman–Crippen MR) is 118 cm³/mol. The molecule has 1 aromatic carbocycles. The predicted octanol–water partition coefficient (Wildman–Crippen LogP) is -2.57. The molecule has 14 heteroatoms. The second-order valence-corrected chi connectivity index (χ2v) is 7.53. The first-order valence-corrected chi connectivity index (χ1v) is 10.4. The lowest BCUT2D eigenvalue weighted by molar-refractivity contribution is -0.143. The van der Waals surface area contributed by atoms with Gasteiger partial charge in [0.1, 0.15) is 18.1 Å². The molecule has 0 bridgehead atoms. The maximum atomic E-state index is 12.6. The number of carbonyl (C=O) groups is 6. The van der Waals surface area contributed by atoms with Crippen LogP contribution >= 0.6 is 0 Å². The van der Waals surface area contributed by atoms with Crippen molar-refractivity contribution in [2.75, 3.05) is 6.61 Å². The molecule has 3 amide bonds. The lowest BCUT2D eigenvalue weighted by Crippen LogP contribution is -2.58. The molecule has 0 heterocycles. The molecule has 0 fully saturated rings. The van der Waals surface area contributed by atoms with Crippen LogP contribution in [0.25, 0.3) is 0 Å². The van der Waals surface area contributed by atoms with E-state index in [-0.39, 0.29) is 12.8 Å². The summed E-state index contributed by atoms with van der Waals surface area (Å²) in [5, 5.41) is 43.0. The van der Waals surface area contributed by atoms with E-state index in [0.29, 0.717) is 5.56 Å². The summed E-state index contributed by atoms with van der Waals surface area (Å²) in [4.78, 5) is 70.5. The van der Waals surface area contributed by atoms with Crippen molar-refractivity contribution in [3.8, 4) is 0 Å². The van der Waals surface area contributed by atoms with E-state index in [0.717, 1.165) is 0 Å². The zero-order valence-corrected chi connectivity index (χ0v) is 18.5. The standard InChI is InChI=1S/C21H28N4O10/c22-12(6-7-16(27)28)18(31)23-13(9-17(29)30)19(32)25-15(10-26)20(33)24-14(21(34)35)8-11-4-2-1-3-5-11/h1-5,12-15,26H,6-10,22H2,(H,23,31)(H,24,33)(H,25,32)(H,27,28)(H,29,30)(H,34,35). The molecule has 0 spiro atoms. The molecule has 0 saturated carbocycles. The Labute approximate surface area is 199 Å². The first-order chi connectivity index (χ1) is 16.4. The Morgan fingerprint density at radius 1 is 0.771 bits per heavy atom. The molecule has 4 unspecified atom stereocenters. The zero-order valence-electron chi connectivity index (χ0n) is 18.5. The van der Waals surface area contributed by atoms with Crippen molar-refractivity contribution < 1.29 is 49.2 Å². The number of carboxylic acid groups (broad SMARTS) is 3. The maximum Gasteiger partial charge on any atom is 0.326 e. The summed E-state index contributed by atoms with van der Waals surface area (Å²) in [6, 6.07) is 2.27. The van der Waals surface area contributed by atoms with Gasteiger partial charge in [-0.1, -0.05) is 30.3 Å². The van der Waals surface area contributed by atoms with Crippen LogP contribution < -0.4 is 21.7 Å². The number of carbonyl (C=O) groups excluding carboxylic acids is 3. The van der Waals surface area contributed by atoms with Gasteiger partial charge in [-0.3, -0.25) is 24.0 Å². The number of nitrogens with one attached hydrogen (secondary N) is 3. The van der Waals surface area contributed by atoms with Crippen molar-refractivity contribution in [1.82, 2.24) is 16.0 Å². The fourth-order valence-corrected chi connectivity index (χ4v) is 2.86. The minimum Gasteiger partial charge on any atom is -0.481 e. The topological polar surface area (TPSA) is 245 Å². The number of hydrogen-bond donors (Lipinski definition) is 8. The van der Waals surface area contributed by atoms with Crippen LogP contribution in [0.4, 0.5) is 0 Å². The molecule has 9 N–H and O–H groups in total. The van der Waals surface area contributed by atoms with Gasteiger partial charge >= 0.3 is 17.9 Å². The highest BCUT2D eigenvalue weighted by atomic mass is 16.4. The van der Waals surface area contributed by atoms with Gasteiger partial charge in [0.2, 0.25) is 17.7 Å². The molecule has 0 radical (unpaired) electrons. The molecule has 0 saturated heterocycles. The summed E-state index contributed by atoms with van der Waals surface area (Å²) in [5.41, 5.74) is 6.16. The Morgan fingerprint density at radius 2 is 1.31 bits per heavy atom. The minimum atomic E-state index is -1.71. The van der Waals surface area contributed by atoms with E-state index in [4.69, 9.17) is 15.9 Å². The molecule has 4 atom stereocenters. The first kappa shape index (κ1) is 29.0. The Kier molecular flexibility index (Phi) is 11.8. The summed E-state index contributed by atoms with van der Waals surface area (Å²) in [5.74, 6) is -7.26. The average Bonchev–Trinajstić information content (AvgIpc) is 2.79. The second-order valence-electron chi connectivity index (χ2n) is 7.53. The van der Waals surface area contributed by atoms with Crippen molar-refractivity contribution in [2.24, 2.45) is 5.73 Å². The average molecular weight is 496 g/mol. The third kappa shape index (κ3) is 10.6. The highest BCUT2D eigenvalue weighted by molar-refractivity contribution is 5.95. The zero-order chi connectivity index (χ0) is 26.5. The van der Waals surface area contributed by atoms with Crippen LogP contribution in [0.2, 0.25) is 0 Å². The number of amides is 3. The summed E-state index contributed by atoms with van der Waals surface area (Å²) >= 11 is 0. The number of carboxylic acids is 3. The Morgan fingerprint density at radius 3 is 1.83 bits per heavy atom. The first-order valence-electron chi connectivity index (χ1n) is 10.4. The molecule has 1 rings (SSSR count). The second kappa shape index (κ2) is 14.3. The van der Waals surface area contributed by atoms with E-state index in [9.17, 15) is 39.0 Å². The fourth-order valence-electron chi connectivity index (χ4n) is 2.86.